The molecule has 0 amide bonds. The van der Waals surface area contributed by atoms with Gasteiger partial charge in [-0.3, -0.25) is 0 Å². The number of H-pyrrole nitrogens is 1. The minimum absolute atomic E-state index is 0.306. The topological polar surface area (TPSA) is 58.2 Å². The Balaban J connectivity index is 1.68. The Morgan fingerprint density at radius 3 is 2.92 bits per heavy atom. The molecule has 0 atom stereocenters. The van der Waals surface area contributed by atoms with Crippen LogP contribution in [0.1, 0.15) is 9.67 Å². The number of carbonyl (C=O) groups is 1. The summed E-state index contributed by atoms with van der Waals surface area (Å²) in [6, 6.07) is 10.2. The molecular formula is C18H15N3O2S3. The molecule has 0 spiro atoms. The summed E-state index contributed by atoms with van der Waals surface area (Å²) in [5, 5.41) is 5.96. The zero-order chi connectivity index (χ0) is 18.1. The smallest absolute Gasteiger partial charge is 0.349 e. The monoisotopic (exact) mass is 401 g/mol. The Morgan fingerprint density at radius 2 is 2.15 bits per heavy atom. The van der Waals surface area contributed by atoms with Crippen LogP contribution in [0.25, 0.3) is 21.6 Å². The van der Waals surface area contributed by atoms with Gasteiger partial charge in [0, 0.05) is 24.0 Å². The van der Waals surface area contributed by atoms with Crippen molar-refractivity contribution < 1.29 is 9.53 Å². The van der Waals surface area contributed by atoms with Gasteiger partial charge >= 0.3 is 5.97 Å². The number of para-hydroxylation sites is 1. The maximum Gasteiger partial charge on any atom is 0.349 e. The zero-order valence-corrected chi connectivity index (χ0v) is 16.5. The van der Waals surface area contributed by atoms with Crippen molar-refractivity contribution in [3.8, 4) is 10.7 Å². The summed E-state index contributed by atoms with van der Waals surface area (Å²) in [6.45, 7) is 0. The number of esters is 1. The highest BCUT2D eigenvalue weighted by atomic mass is 32.2. The molecule has 0 unspecified atom stereocenters. The van der Waals surface area contributed by atoms with Crippen LogP contribution in [0.15, 0.2) is 52.2 Å². The van der Waals surface area contributed by atoms with Gasteiger partial charge in [-0.05, 0) is 35.5 Å². The summed E-state index contributed by atoms with van der Waals surface area (Å²) in [5.41, 5.74) is 3.09. The number of hydrogen-bond donors (Lipinski definition) is 1. The van der Waals surface area contributed by atoms with E-state index < -0.39 is 0 Å². The molecule has 8 heteroatoms. The van der Waals surface area contributed by atoms with Gasteiger partial charge in [0.1, 0.15) is 9.88 Å². The van der Waals surface area contributed by atoms with Crippen molar-refractivity contribution in [2.45, 2.75) is 4.90 Å². The number of carbonyl (C=O) groups excluding carboxylic acids is 1. The van der Waals surface area contributed by atoms with Crippen LogP contribution in [-0.4, -0.2) is 30.1 Å². The largest absolute Gasteiger partial charge is 0.465 e. The fourth-order valence-corrected chi connectivity index (χ4v) is 5.18. The Kier molecular flexibility index (Phi) is 4.71. The Bertz CT molecular complexity index is 1050. The first-order chi connectivity index (χ1) is 12.7. The third-order valence-corrected chi connectivity index (χ3v) is 6.71. The zero-order valence-electron chi connectivity index (χ0n) is 14.1. The van der Waals surface area contributed by atoms with Gasteiger partial charge in [-0.2, -0.15) is 0 Å². The summed E-state index contributed by atoms with van der Waals surface area (Å²) in [4.78, 5) is 21.3. The standard InChI is InChI=1S/C18H15N3O2S3/c1-21(26-14-6-8-24-16(14)18(22)23-2)13-5-3-4-11-10-12(20-15(11)13)17-19-7-9-25-17/h3-10,20H,1-2H3. The Labute approximate surface area is 162 Å². The highest BCUT2D eigenvalue weighted by Crippen LogP contribution is 2.37. The summed E-state index contributed by atoms with van der Waals surface area (Å²) in [6.07, 6.45) is 1.80. The van der Waals surface area contributed by atoms with Crippen LogP contribution >= 0.6 is 34.6 Å². The molecule has 3 heterocycles. The van der Waals surface area contributed by atoms with Crippen molar-refractivity contribution in [1.29, 1.82) is 0 Å². The van der Waals surface area contributed by atoms with Crippen LogP contribution in [0.3, 0.4) is 0 Å². The normalized spacial score (nSPS) is 11.0. The van der Waals surface area contributed by atoms with Crippen LogP contribution in [0, 0.1) is 0 Å². The second-order valence-electron chi connectivity index (χ2n) is 5.46. The second kappa shape index (κ2) is 7.14. The predicted molar refractivity (Wildman–Crippen MR) is 109 cm³/mol. The molecule has 1 N–H and O–H groups in total. The first-order valence-corrected chi connectivity index (χ1v) is 10.3. The number of rotatable bonds is 5. The third kappa shape index (κ3) is 3.11. The molecule has 0 radical (unpaired) electrons. The number of aromatic nitrogens is 2. The van der Waals surface area contributed by atoms with Crippen LogP contribution < -0.4 is 4.31 Å². The van der Waals surface area contributed by atoms with E-state index in [-0.39, 0.29) is 5.97 Å². The molecule has 0 aliphatic heterocycles. The lowest BCUT2D eigenvalue weighted by atomic mass is 10.2. The molecule has 4 aromatic rings. The fourth-order valence-electron chi connectivity index (χ4n) is 2.68. The number of anilines is 1. The number of hydrogen-bond acceptors (Lipinski definition) is 7. The lowest BCUT2D eigenvalue weighted by Crippen LogP contribution is -2.08. The number of ether oxygens (including phenoxy) is 1. The van der Waals surface area contributed by atoms with Gasteiger partial charge in [0.25, 0.3) is 0 Å². The molecule has 0 aliphatic rings. The highest BCUT2D eigenvalue weighted by molar-refractivity contribution is 8.00. The number of nitrogens with zero attached hydrogens (tertiary/aromatic N) is 2. The average Bonchev–Trinajstić information content (AvgIpc) is 3.39. The van der Waals surface area contributed by atoms with E-state index in [9.17, 15) is 4.79 Å². The molecule has 0 aliphatic carbocycles. The quantitative estimate of drug-likeness (QED) is 0.364. The van der Waals surface area contributed by atoms with Crippen LogP contribution in [0.5, 0.6) is 0 Å². The van der Waals surface area contributed by atoms with E-state index in [1.807, 2.05) is 29.9 Å². The van der Waals surface area contributed by atoms with Crippen LogP contribution in [-0.2, 0) is 4.74 Å². The van der Waals surface area contributed by atoms with Crippen molar-refractivity contribution in [3.05, 3.63) is 52.2 Å². The third-order valence-electron chi connectivity index (χ3n) is 3.87. The number of fused-ring (bicyclic) bond motifs is 1. The van der Waals surface area contributed by atoms with E-state index in [0.717, 1.165) is 32.2 Å². The first-order valence-electron chi connectivity index (χ1n) is 7.76. The number of thiophene rings is 1. The molecule has 0 bridgehead atoms. The summed E-state index contributed by atoms with van der Waals surface area (Å²) in [5.74, 6) is -0.306. The van der Waals surface area contributed by atoms with E-state index in [4.69, 9.17) is 4.74 Å². The lowest BCUT2D eigenvalue weighted by molar-refractivity contribution is 0.0603. The molecular weight excluding hydrogens is 386 g/mol. The molecule has 26 heavy (non-hydrogen) atoms. The van der Waals surface area contributed by atoms with Crippen molar-refractivity contribution in [2.75, 3.05) is 18.5 Å². The molecule has 0 saturated heterocycles. The number of methoxy groups -OCH3 is 1. The molecule has 0 saturated carbocycles. The number of benzene rings is 1. The minimum Gasteiger partial charge on any atom is -0.465 e. The molecule has 3 aromatic heterocycles. The summed E-state index contributed by atoms with van der Waals surface area (Å²) < 4.78 is 6.92. The van der Waals surface area contributed by atoms with Gasteiger partial charge in [-0.15, -0.1) is 22.7 Å². The van der Waals surface area contributed by atoms with E-state index >= 15 is 0 Å². The first kappa shape index (κ1) is 17.1. The van der Waals surface area contributed by atoms with Gasteiger partial charge in [0.05, 0.1) is 28.9 Å². The van der Waals surface area contributed by atoms with Crippen molar-refractivity contribution in [3.63, 3.8) is 0 Å². The van der Waals surface area contributed by atoms with Crippen molar-refractivity contribution >= 4 is 57.2 Å². The van der Waals surface area contributed by atoms with Crippen molar-refractivity contribution in [2.24, 2.45) is 0 Å². The summed E-state index contributed by atoms with van der Waals surface area (Å²) in [7, 11) is 3.39. The highest BCUT2D eigenvalue weighted by Gasteiger charge is 2.18. The van der Waals surface area contributed by atoms with Crippen LogP contribution in [0.2, 0.25) is 0 Å². The van der Waals surface area contributed by atoms with Gasteiger partial charge in [0.15, 0.2) is 0 Å². The van der Waals surface area contributed by atoms with E-state index in [1.54, 1.807) is 17.5 Å². The maximum atomic E-state index is 11.9. The Hall–Kier alpha value is -2.29. The van der Waals surface area contributed by atoms with Gasteiger partial charge < -0.3 is 14.0 Å². The molecule has 1 aromatic carbocycles. The number of aromatic amines is 1. The second-order valence-corrected chi connectivity index (χ2v) is 8.44. The molecule has 0 fully saturated rings. The predicted octanol–water partition coefficient (Wildman–Crippen LogP) is 5.28. The van der Waals surface area contributed by atoms with Gasteiger partial charge in [-0.25, -0.2) is 9.78 Å². The van der Waals surface area contributed by atoms with Gasteiger partial charge in [0.2, 0.25) is 0 Å². The Morgan fingerprint density at radius 1 is 1.27 bits per heavy atom. The summed E-state index contributed by atoms with van der Waals surface area (Å²) >= 11 is 4.50. The van der Waals surface area contributed by atoms with E-state index in [2.05, 4.69) is 32.5 Å². The number of nitrogens with one attached hydrogen (secondary N) is 1. The van der Waals surface area contributed by atoms with E-state index in [0.29, 0.717) is 4.88 Å². The number of thiazole rings is 1. The van der Waals surface area contributed by atoms with Gasteiger partial charge in [-0.1, -0.05) is 12.1 Å². The fraction of sp³-hybridized carbons (Fsp3) is 0.111. The van der Waals surface area contributed by atoms with E-state index in [1.165, 1.54) is 30.4 Å². The molecule has 5 nitrogen and oxygen atoms in total. The molecule has 4 rings (SSSR count). The lowest BCUT2D eigenvalue weighted by Gasteiger charge is -2.18. The van der Waals surface area contributed by atoms with Crippen molar-refractivity contribution in [1.82, 2.24) is 9.97 Å². The minimum atomic E-state index is -0.306. The average molecular weight is 402 g/mol. The molecule has 132 valence electrons. The SMILES string of the molecule is COC(=O)c1sccc1SN(C)c1cccc2cc(-c3nccs3)[nH]c12. The maximum absolute atomic E-state index is 11.9. The van der Waals surface area contributed by atoms with Crippen LogP contribution in [0.4, 0.5) is 5.69 Å².